The van der Waals surface area contributed by atoms with Gasteiger partial charge in [-0.2, -0.15) is 10.2 Å². The lowest BCUT2D eigenvalue weighted by molar-refractivity contribution is 0.199. The Bertz CT molecular complexity index is 524. The fourth-order valence-electron chi connectivity index (χ4n) is 2.13. The normalized spacial score (nSPS) is 11.2. The van der Waals surface area contributed by atoms with Crippen LogP contribution >= 0.6 is 0 Å². The van der Waals surface area contributed by atoms with Crippen LogP contribution < -0.4 is 5.32 Å². The summed E-state index contributed by atoms with van der Waals surface area (Å²) in [6, 6.07) is 3.78. The molecule has 0 bridgehead atoms. The first kappa shape index (κ1) is 14.6. The molecular weight excluding hydrogens is 254 g/mol. The van der Waals surface area contributed by atoms with Gasteiger partial charge in [-0.3, -0.25) is 0 Å². The van der Waals surface area contributed by atoms with Crippen molar-refractivity contribution < 1.29 is 4.74 Å². The first-order valence-electron chi connectivity index (χ1n) is 6.78. The Morgan fingerprint density at radius 2 is 2.25 bits per heavy atom. The Morgan fingerprint density at radius 3 is 2.90 bits per heavy atom. The average molecular weight is 275 g/mol. The summed E-state index contributed by atoms with van der Waals surface area (Å²) in [5.41, 5.74) is 2.34. The quantitative estimate of drug-likeness (QED) is 0.776. The van der Waals surface area contributed by atoms with E-state index in [2.05, 4.69) is 34.5 Å². The van der Waals surface area contributed by atoms with E-state index in [0.717, 1.165) is 24.6 Å². The highest BCUT2D eigenvalue weighted by Crippen LogP contribution is 2.21. The predicted molar refractivity (Wildman–Crippen MR) is 76.8 cm³/mol. The number of rotatable bonds is 7. The van der Waals surface area contributed by atoms with Gasteiger partial charge in [-0.05, 0) is 18.1 Å². The molecule has 0 aliphatic heterocycles. The Labute approximate surface area is 119 Å². The van der Waals surface area contributed by atoms with Crippen LogP contribution in [0.3, 0.4) is 0 Å². The number of hydrogen-bond donors (Lipinski definition) is 1. The van der Waals surface area contributed by atoms with Crippen molar-refractivity contribution in [3.63, 3.8) is 0 Å². The lowest BCUT2D eigenvalue weighted by Gasteiger charge is -2.12. The molecule has 6 nitrogen and oxygen atoms in total. The van der Waals surface area contributed by atoms with Gasteiger partial charge in [0.25, 0.3) is 0 Å². The highest BCUT2D eigenvalue weighted by atomic mass is 16.5. The maximum atomic E-state index is 5.03. The molecule has 2 rings (SSSR count). The molecule has 0 radical (unpaired) electrons. The number of aromatic nitrogens is 4. The van der Waals surface area contributed by atoms with Gasteiger partial charge in [0.05, 0.1) is 18.5 Å². The molecule has 0 amide bonds. The molecule has 1 N–H and O–H groups in total. The molecule has 0 atom stereocenters. The van der Waals surface area contributed by atoms with E-state index >= 15 is 0 Å². The van der Waals surface area contributed by atoms with Gasteiger partial charge in [-0.1, -0.05) is 13.8 Å². The summed E-state index contributed by atoms with van der Waals surface area (Å²) >= 11 is 0. The minimum Gasteiger partial charge on any atom is -0.383 e. The standard InChI is InChI=1S/C14H21N5O/c1-11(2)14-12(9-15-7-8-20-3)10-17-19(14)13-5-4-6-16-18-13/h4-6,10-11,15H,7-9H2,1-3H3. The zero-order valence-corrected chi connectivity index (χ0v) is 12.2. The van der Waals surface area contributed by atoms with Crippen molar-refractivity contribution in [1.82, 2.24) is 25.3 Å². The lowest BCUT2D eigenvalue weighted by atomic mass is 10.1. The fourth-order valence-corrected chi connectivity index (χ4v) is 2.13. The van der Waals surface area contributed by atoms with Crippen molar-refractivity contribution in [1.29, 1.82) is 0 Å². The van der Waals surface area contributed by atoms with Gasteiger partial charge in [-0.25, -0.2) is 4.68 Å². The number of hydrogen-bond acceptors (Lipinski definition) is 5. The van der Waals surface area contributed by atoms with Crippen LogP contribution in [0.5, 0.6) is 0 Å². The van der Waals surface area contributed by atoms with Gasteiger partial charge >= 0.3 is 0 Å². The largest absolute Gasteiger partial charge is 0.383 e. The first-order valence-corrected chi connectivity index (χ1v) is 6.78. The first-order chi connectivity index (χ1) is 9.74. The molecule has 0 fully saturated rings. The van der Waals surface area contributed by atoms with Gasteiger partial charge in [-0.15, -0.1) is 5.10 Å². The Morgan fingerprint density at radius 1 is 1.40 bits per heavy atom. The van der Waals surface area contributed by atoms with E-state index < -0.39 is 0 Å². The Hall–Kier alpha value is -1.79. The molecule has 0 aliphatic carbocycles. The smallest absolute Gasteiger partial charge is 0.175 e. The van der Waals surface area contributed by atoms with E-state index in [4.69, 9.17) is 4.74 Å². The minimum atomic E-state index is 0.360. The minimum absolute atomic E-state index is 0.360. The predicted octanol–water partition coefficient (Wildman–Crippen LogP) is 1.52. The zero-order chi connectivity index (χ0) is 14.4. The third kappa shape index (κ3) is 3.40. The van der Waals surface area contributed by atoms with E-state index in [0.29, 0.717) is 12.5 Å². The molecular formula is C14H21N5O. The number of ether oxygens (including phenoxy) is 1. The van der Waals surface area contributed by atoms with Crippen molar-refractivity contribution in [3.05, 3.63) is 35.8 Å². The van der Waals surface area contributed by atoms with Gasteiger partial charge in [0.2, 0.25) is 0 Å². The van der Waals surface area contributed by atoms with Crippen LogP contribution in [0, 0.1) is 0 Å². The van der Waals surface area contributed by atoms with E-state index in [1.807, 2.05) is 23.0 Å². The zero-order valence-electron chi connectivity index (χ0n) is 12.2. The maximum absolute atomic E-state index is 5.03. The molecule has 108 valence electrons. The molecule has 2 aromatic rings. The van der Waals surface area contributed by atoms with E-state index in [1.54, 1.807) is 13.3 Å². The summed E-state index contributed by atoms with van der Waals surface area (Å²) < 4.78 is 6.90. The van der Waals surface area contributed by atoms with Gasteiger partial charge in [0.1, 0.15) is 0 Å². The van der Waals surface area contributed by atoms with Crippen LogP contribution in [0.4, 0.5) is 0 Å². The highest BCUT2D eigenvalue weighted by molar-refractivity contribution is 5.30. The third-order valence-corrected chi connectivity index (χ3v) is 3.01. The van der Waals surface area contributed by atoms with E-state index in [1.165, 1.54) is 5.56 Å². The fraction of sp³-hybridized carbons (Fsp3) is 0.500. The van der Waals surface area contributed by atoms with Crippen molar-refractivity contribution in [2.45, 2.75) is 26.3 Å². The maximum Gasteiger partial charge on any atom is 0.175 e. The molecule has 0 saturated heterocycles. The van der Waals surface area contributed by atoms with Crippen LogP contribution in [-0.2, 0) is 11.3 Å². The highest BCUT2D eigenvalue weighted by Gasteiger charge is 2.15. The lowest BCUT2D eigenvalue weighted by Crippen LogP contribution is -2.19. The summed E-state index contributed by atoms with van der Waals surface area (Å²) in [6.07, 6.45) is 3.55. The van der Waals surface area contributed by atoms with Crippen LogP contribution in [0.1, 0.15) is 31.0 Å². The van der Waals surface area contributed by atoms with Crippen molar-refractivity contribution >= 4 is 0 Å². The third-order valence-electron chi connectivity index (χ3n) is 3.01. The van der Waals surface area contributed by atoms with Crippen molar-refractivity contribution in [3.8, 4) is 5.82 Å². The van der Waals surface area contributed by atoms with Gasteiger partial charge in [0.15, 0.2) is 5.82 Å². The number of methoxy groups -OCH3 is 1. The Balaban J connectivity index is 2.20. The topological polar surface area (TPSA) is 64.9 Å². The second-order valence-electron chi connectivity index (χ2n) is 4.87. The SMILES string of the molecule is COCCNCc1cnn(-c2cccnn2)c1C(C)C. The van der Waals surface area contributed by atoms with Crippen LogP contribution in [0.2, 0.25) is 0 Å². The summed E-state index contributed by atoms with van der Waals surface area (Å²) in [5.74, 6) is 1.11. The van der Waals surface area contributed by atoms with Crippen LogP contribution in [0.25, 0.3) is 5.82 Å². The number of nitrogens with zero attached hydrogens (tertiary/aromatic N) is 4. The number of nitrogens with one attached hydrogen (secondary N) is 1. The Kier molecular flexibility index (Phi) is 5.20. The summed E-state index contributed by atoms with van der Waals surface area (Å²) in [7, 11) is 1.70. The summed E-state index contributed by atoms with van der Waals surface area (Å²) in [6.45, 7) is 6.61. The molecule has 0 unspecified atom stereocenters. The molecule has 0 saturated carbocycles. The average Bonchev–Trinajstić information content (AvgIpc) is 2.88. The summed E-state index contributed by atoms with van der Waals surface area (Å²) in [5, 5.41) is 15.8. The second-order valence-corrected chi connectivity index (χ2v) is 4.87. The van der Waals surface area contributed by atoms with E-state index in [9.17, 15) is 0 Å². The van der Waals surface area contributed by atoms with Crippen molar-refractivity contribution in [2.24, 2.45) is 0 Å². The van der Waals surface area contributed by atoms with Gasteiger partial charge in [0, 0.05) is 32.0 Å². The molecule has 20 heavy (non-hydrogen) atoms. The van der Waals surface area contributed by atoms with Crippen LogP contribution in [-0.4, -0.2) is 40.2 Å². The molecule has 2 aromatic heterocycles. The summed E-state index contributed by atoms with van der Waals surface area (Å²) in [4.78, 5) is 0. The monoisotopic (exact) mass is 275 g/mol. The van der Waals surface area contributed by atoms with E-state index in [-0.39, 0.29) is 0 Å². The molecule has 0 spiro atoms. The molecule has 2 heterocycles. The van der Waals surface area contributed by atoms with Crippen molar-refractivity contribution in [2.75, 3.05) is 20.3 Å². The molecule has 0 aliphatic rings. The van der Waals surface area contributed by atoms with Crippen LogP contribution in [0.15, 0.2) is 24.5 Å². The van der Waals surface area contributed by atoms with Gasteiger partial charge < -0.3 is 10.1 Å². The molecule has 6 heteroatoms. The second kappa shape index (κ2) is 7.12. The molecule has 0 aromatic carbocycles.